The van der Waals surface area contributed by atoms with E-state index in [1.807, 2.05) is 6.92 Å². The SMILES string of the molecule is CCOc1ccc(S(=O)(=O)NC(C)(C)CCO)cc1. The largest absolute Gasteiger partial charge is 0.494 e. The molecule has 0 aliphatic carbocycles. The Labute approximate surface area is 114 Å². The van der Waals surface area contributed by atoms with E-state index in [0.717, 1.165) is 0 Å². The van der Waals surface area contributed by atoms with Crippen LogP contribution in [0, 0.1) is 0 Å². The van der Waals surface area contributed by atoms with Crippen molar-refractivity contribution in [2.75, 3.05) is 13.2 Å². The lowest BCUT2D eigenvalue weighted by Crippen LogP contribution is -2.43. The maximum absolute atomic E-state index is 12.2. The Bertz CT molecular complexity index is 494. The summed E-state index contributed by atoms with van der Waals surface area (Å²) in [5.41, 5.74) is -0.688. The zero-order valence-electron chi connectivity index (χ0n) is 11.5. The molecule has 6 heteroatoms. The molecule has 2 N–H and O–H groups in total. The van der Waals surface area contributed by atoms with E-state index in [4.69, 9.17) is 9.84 Å². The van der Waals surface area contributed by atoms with E-state index < -0.39 is 15.6 Å². The average molecular weight is 287 g/mol. The molecule has 0 aliphatic heterocycles. The molecule has 0 amide bonds. The molecule has 0 aliphatic rings. The fraction of sp³-hybridized carbons (Fsp3) is 0.538. The van der Waals surface area contributed by atoms with Crippen LogP contribution in [0.3, 0.4) is 0 Å². The highest BCUT2D eigenvalue weighted by Crippen LogP contribution is 2.18. The van der Waals surface area contributed by atoms with Gasteiger partial charge in [0.2, 0.25) is 10.0 Å². The van der Waals surface area contributed by atoms with Gasteiger partial charge in [-0.3, -0.25) is 0 Å². The summed E-state index contributed by atoms with van der Waals surface area (Å²) >= 11 is 0. The van der Waals surface area contributed by atoms with Crippen molar-refractivity contribution in [3.05, 3.63) is 24.3 Å². The zero-order chi connectivity index (χ0) is 14.5. The molecule has 0 radical (unpaired) electrons. The minimum Gasteiger partial charge on any atom is -0.494 e. The first-order valence-corrected chi connectivity index (χ1v) is 7.67. The van der Waals surface area contributed by atoms with Crippen LogP contribution in [0.4, 0.5) is 0 Å². The van der Waals surface area contributed by atoms with Gasteiger partial charge in [-0.1, -0.05) is 0 Å². The van der Waals surface area contributed by atoms with E-state index in [1.54, 1.807) is 26.0 Å². The van der Waals surface area contributed by atoms with Gasteiger partial charge < -0.3 is 9.84 Å². The molecule has 5 nitrogen and oxygen atoms in total. The molecule has 0 atom stereocenters. The maximum Gasteiger partial charge on any atom is 0.241 e. The maximum atomic E-state index is 12.2. The van der Waals surface area contributed by atoms with Gasteiger partial charge in [-0.2, -0.15) is 0 Å². The lowest BCUT2D eigenvalue weighted by molar-refractivity contribution is 0.246. The Hall–Kier alpha value is -1.11. The molecule has 0 spiro atoms. The minimum atomic E-state index is -3.59. The van der Waals surface area contributed by atoms with Crippen LogP contribution < -0.4 is 9.46 Å². The number of aliphatic hydroxyl groups is 1. The molecule has 0 saturated carbocycles. The first kappa shape index (κ1) is 15.9. The number of hydrogen-bond donors (Lipinski definition) is 2. The van der Waals surface area contributed by atoms with Crippen LogP contribution in [-0.2, 0) is 10.0 Å². The summed E-state index contributed by atoms with van der Waals surface area (Å²) in [6, 6.07) is 6.25. The molecule has 108 valence electrons. The van der Waals surface area contributed by atoms with Crippen LogP contribution >= 0.6 is 0 Å². The second-order valence-electron chi connectivity index (χ2n) is 4.87. The van der Waals surface area contributed by atoms with Gasteiger partial charge >= 0.3 is 0 Å². The number of ether oxygens (including phenoxy) is 1. The number of nitrogens with one attached hydrogen (secondary N) is 1. The zero-order valence-corrected chi connectivity index (χ0v) is 12.3. The highest BCUT2D eigenvalue weighted by Gasteiger charge is 2.25. The van der Waals surface area contributed by atoms with Crippen molar-refractivity contribution in [1.82, 2.24) is 4.72 Å². The lowest BCUT2D eigenvalue weighted by Gasteiger charge is -2.25. The molecule has 19 heavy (non-hydrogen) atoms. The monoisotopic (exact) mass is 287 g/mol. The van der Waals surface area contributed by atoms with Gasteiger partial charge in [0.05, 0.1) is 11.5 Å². The van der Waals surface area contributed by atoms with E-state index in [9.17, 15) is 8.42 Å². The molecule has 1 aromatic rings. The fourth-order valence-electron chi connectivity index (χ4n) is 1.63. The van der Waals surface area contributed by atoms with E-state index in [1.165, 1.54) is 12.1 Å². The van der Waals surface area contributed by atoms with Gasteiger partial charge in [-0.05, 0) is 51.5 Å². The number of sulfonamides is 1. The van der Waals surface area contributed by atoms with Crippen molar-refractivity contribution in [2.45, 2.75) is 37.6 Å². The third-order valence-corrected chi connectivity index (χ3v) is 4.31. The van der Waals surface area contributed by atoms with Crippen LogP contribution in [0.5, 0.6) is 5.75 Å². The molecule has 1 rings (SSSR count). The van der Waals surface area contributed by atoms with Crippen molar-refractivity contribution in [2.24, 2.45) is 0 Å². The van der Waals surface area contributed by atoms with E-state index >= 15 is 0 Å². The van der Waals surface area contributed by atoms with Crippen LogP contribution in [0.2, 0.25) is 0 Å². The van der Waals surface area contributed by atoms with E-state index in [0.29, 0.717) is 18.8 Å². The van der Waals surface area contributed by atoms with E-state index in [-0.39, 0.29) is 11.5 Å². The molecule has 0 bridgehead atoms. The quantitative estimate of drug-likeness (QED) is 0.797. The van der Waals surface area contributed by atoms with Crippen molar-refractivity contribution in [1.29, 1.82) is 0 Å². The van der Waals surface area contributed by atoms with Gasteiger partial charge in [-0.15, -0.1) is 0 Å². The van der Waals surface area contributed by atoms with Crippen molar-refractivity contribution < 1.29 is 18.3 Å². The Balaban J connectivity index is 2.88. The summed E-state index contributed by atoms with van der Waals surface area (Å²) in [5, 5.41) is 8.91. The summed E-state index contributed by atoms with van der Waals surface area (Å²) in [4.78, 5) is 0.182. The molecule has 0 unspecified atom stereocenters. The number of hydrogen-bond acceptors (Lipinski definition) is 4. The minimum absolute atomic E-state index is 0.0706. The van der Waals surface area contributed by atoms with Crippen LogP contribution in [0.1, 0.15) is 27.2 Å². The van der Waals surface area contributed by atoms with Crippen molar-refractivity contribution in [3.63, 3.8) is 0 Å². The Morgan fingerprint density at radius 3 is 2.32 bits per heavy atom. The third-order valence-electron chi connectivity index (χ3n) is 2.59. The number of rotatable bonds is 7. The molecular formula is C13H21NO4S. The Morgan fingerprint density at radius 2 is 1.84 bits per heavy atom. The second-order valence-corrected chi connectivity index (χ2v) is 6.55. The lowest BCUT2D eigenvalue weighted by atomic mass is 10.0. The fourth-order valence-corrected chi connectivity index (χ4v) is 3.08. The van der Waals surface area contributed by atoms with Crippen LogP contribution in [-0.4, -0.2) is 32.3 Å². The summed E-state index contributed by atoms with van der Waals surface area (Å²) in [7, 11) is -3.59. The van der Waals surface area contributed by atoms with Gasteiger partial charge in [0.25, 0.3) is 0 Å². The summed E-state index contributed by atoms with van der Waals surface area (Å²) in [6.07, 6.45) is 0.350. The van der Waals surface area contributed by atoms with Crippen LogP contribution in [0.25, 0.3) is 0 Å². The van der Waals surface area contributed by atoms with Gasteiger partial charge in [0.15, 0.2) is 0 Å². The van der Waals surface area contributed by atoms with Crippen molar-refractivity contribution in [3.8, 4) is 5.75 Å². The summed E-state index contributed by atoms with van der Waals surface area (Å²) in [5.74, 6) is 0.635. The summed E-state index contributed by atoms with van der Waals surface area (Å²) < 4.78 is 32.2. The second kappa shape index (κ2) is 6.36. The highest BCUT2D eigenvalue weighted by molar-refractivity contribution is 7.89. The normalized spacial score (nSPS) is 12.4. The average Bonchev–Trinajstić information content (AvgIpc) is 2.28. The summed E-state index contributed by atoms with van der Waals surface area (Å²) in [6.45, 7) is 5.79. The Kier molecular flexibility index (Phi) is 5.34. The predicted molar refractivity (Wildman–Crippen MR) is 73.7 cm³/mol. The first-order valence-electron chi connectivity index (χ1n) is 6.18. The van der Waals surface area contributed by atoms with Gasteiger partial charge in [0.1, 0.15) is 5.75 Å². The van der Waals surface area contributed by atoms with Crippen LogP contribution in [0.15, 0.2) is 29.2 Å². The Morgan fingerprint density at radius 1 is 1.26 bits per heavy atom. The standard InChI is InChI=1S/C13H21NO4S/c1-4-18-11-5-7-12(8-6-11)19(16,17)14-13(2,3)9-10-15/h5-8,14-15H,4,9-10H2,1-3H3. The number of aliphatic hydroxyl groups excluding tert-OH is 1. The molecule has 0 fully saturated rings. The topological polar surface area (TPSA) is 75.6 Å². The third kappa shape index (κ3) is 4.81. The number of benzene rings is 1. The molecular weight excluding hydrogens is 266 g/mol. The highest BCUT2D eigenvalue weighted by atomic mass is 32.2. The van der Waals surface area contributed by atoms with E-state index in [2.05, 4.69) is 4.72 Å². The first-order chi connectivity index (χ1) is 8.80. The molecule has 0 saturated heterocycles. The molecule has 0 heterocycles. The molecule has 0 aromatic heterocycles. The predicted octanol–water partition coefficient (Wildman–Crippen LogP) is 1.52. The van der Waals surface area contributed by atoms with Crippen molar-refractivity contribution >= 4 is 10.0 Å². The smallest absolute Gasteiger partial charge is 0.241 e. The van der Waals surface area contributed by atoms with Gasteiger partial charge in [0, 0.05) is 12.1 Å². The molecule has 1 aromatic carbocycles. The van der Waals surface area contributed by atoms with Gasteiger partial charge in [-0.25, -0.2) is 13.1 Å².